The van der Waals surface area contributed by atoms with E-state index in [1.165, 1.54) is 19.2 Å². The van der Waals surface area contributed by atoms with Crippen molar-refractivity contribution in [2.75, 3.05) is 20.8 Å². The molecule has 0 bridgehead atoms. The lowest BCUT2D eigenvalue weighted by molar-refractivity contribution is -0.139. The molecule has 35 heavy (non-hydrogen) atoms. The monoisotopic (exact) mass is 478 g/mol. The number of carboxylic acids is 1. The van der Waals surface area contributed by atoms with E-state index in [0.29, 0.717) is 30.0 Å². The average Bonchev–Trinajstić information content (AvgIpc) is 2.87. The molecule has 0 saturated carbocycles. The minimum Gasteiger partial charge on any atom is -0.493 e. The molecule has 1 aliphatic rings. The number of methoxy groups -OCH3 is 2. The van der Waals surface area contributed by atoms with E-state index < -0.39 is 24.1 Å². The first-order valence-electron chi connectivity index (χ1n) is 11.3. The first-order valence-corrected chi connectivity index (χ1v) is 11.3. The highest BCUT2D eigenvalue weighted by Gasteiger charge is 2.35. The van der Waals surface area contributed by atoms with Crippen LogP contribution >= 0.6 is 0 Å². The molecule has 2 amide bonds. The van der Waals surface area contributed by atoms with Crippen molar-refractivity contribution in [1.82, 2.24) is 10.2 Å². The lowest BCUT2D eigenvalue weighted by atomic mass is 9.87. The van der Waals surface area contributed by atoms with Crippen LogP contribution in [0, 0.1) is 5.82 Å². The number of halogens is 1. The Hall–Kier alpha value is -4.07. The van der Waals surface area contributed by atoms with Crippen LogP contribution in [0.3, 0.4) is 0 Å². The molecule has 1 heterocycles. The molecule has 7 nitrogen and oxygen atoms in total. The molecule has 4 rings (SSSR count). The molecule has 3 aromatic rings. The SMILES string of the molecule is COc1cc2c(cc1OC)C(c1ccc(F)cc1)N(C(=O)N[C@@H](Cc1ccccc1)C(=O)O)CC2. The molecular formula is C27H27FN2O5. The minimum absolute atomic E-state index is 0.151. The zero-order chi connectivity index (χ0) is 24.9. The van der Waals surface area contributed by atoms with Gasteiger partial charge in [-0.05, 0) is 52.9 Å². The Kier molecular flexibility index (Phi) is 7.19. The van der Waals surface area contributed by atoms with E-state index in [-0.39, 0.29) is 12.2 Å². The van der Waals surface area contributed by atoms with E-state index in [0.717, 1.165) is 16.7 Å². The van der Waals surface area contributed by atoms with Crippen LogP contribution in [0.15, 0.2) is 66.7 Å². The number of nitrogens with zero attached hydrogens (tertiary/aromatic N) is 1. The molecule has 1 aliphatic heterocycles. The molecule has 0 spiro atoms. The molecule has 2 atom stereocenters. The largest absolute Gasteiger partial charge is 0.493 e. The molecule has 8 heteroatoms. The predicted octanol–water partition coefficient (Wildman–Crippen LogP) is 4.20. The topological polar surface area (TPSA) is 88.1 Å². The Morgan fingerprint density at radius 3 is 2.34 bits per heavy atom. The highest BCUT2D eigenvalue weighted by molar-refractivity contribution is 5.83. The molecule has 0 fully saturated rings. The van der Waals surface area contributed by atoms with Crippen molar-refractivity contribution < 1.29 is 28.6 Å². The molecule has 3 aromatic carbocycles. The summed E-state index contributed by atoms with van der Waals surface area (Å²) < 4.78 is 24.6. The van der Waals surface area contributed by atoms with E-state index in [2.05, 4.69) is 5.32 Å². The fraction of sp³-hybridized carbons (Fsp3) is 0.259. The third kappa shape index (κ3) is 5.21. The van der Waals surface area contributed by atoms with Crippen LogP contribution in [-0.4, -0.2) is 48.8 Å². The first-order chi connectivity index (χ1) is 16.9. The fourth-order valence-corrected chi connectivity index (χ4v) is 4.45. The second-order valence-corrected chi connectivity index (χ2v) is 8.33. The number of ether oxygens (including phenoxy) is 2. The number of carbonyl (C=O) groups is 2. The van der Waals surface area contributed by atoms with Gasteiger partial charge in [-0.2, -0.15) is 0 Å². The second-order valence-electron chi connectivity index (χ2n) is 8.33. The van der Waals surface area contributed by atoms with Crippen LogP contribution in [-0.2, 0) is 17.6 Å². The number of benzene rings is 3. The molecule has 0 saturated heterocycles. The van der Waals surface area contributed by atoms with E-state index in [1.54, 1.807) is 24.1 Å². The Balaban J connectivity index is 1.69. The van der Waals surface area contributed by atoms with E-state index >= 15 is 0 Å². The molecule has 182 valence electrons. The average molecular weight is 479 g/mol. The Morgan fingerprint density at radius 1 is 1.06 bits per heavy atom. The maximum Gasteiger partial charge on any atom is 0.326 e. The van der Waals surface area contributed by atoms with E-state index in [9.17, 15) is 19.1 Å². The zero-order valence-electron chi connectivity index (χ0n) is 19.5. The van der Waals surface area contributed by atoms with Crippen molar-refractivity contribution in [3.05, 3.63) is 94.8 Å². The van der Waals surface area contributed by atoms with Gasteiger partial charge in [0.2, 0.25) is 0 Å². The summed E-state index contributed by atoms with van der Waals surface area (Å²) in [6.45, 7) is 0.341. The number of carboxylic acid groups (broad SMARTS) is 1. The Bertz CT molecular complexity index is 1200. The maximum atomic E-state index is 13.7. The maximum absolute atomic E-state index is 13.7. The van der Waals surface area contributed by atoms with Gasteiger partial charge in [0, 0.05) is 13.0 Å². The standard InChI is InChI=1S/C27H27FN2O5/c1-34-23-15-19-12-13-30(27(33)29-22(26(31)32)14-17-6-4-3-5-7-17)25(21(19)16-24(23)35-2)18-8-10-20(28)11-9-18/h3-11,15-16,22,25H,12-14H2,1-2H3,(H,29,33)(H,31,32)/t22-,25?/m0/s1. The summed E-state index contributed by atoms with van der Waals surface area (Å²) in [5, 5.41) is 12.5. The van der Waals surface area contributed by atoms with Gasteiger partial charge in [-0.15, -0.1) is 0 Å². The first kappa shape index (κ1) is 24.1. The van der Waals surface area contributed by atoms with Crippen LogP contribution < -0.4 is 14.8 Å². The number of rotatable bonds is 7. The van der Waals surface area contributed by atoms with Crippen LogP contribution in [0.25, 0.3) is 0 Å². The van der Waals surface area contributed by atoms with Gasteiger partial charge in [-0.1, -0.05) is 42.5 Å². The number of fused-ring (bicyclic) bond motifs is 1. The zero-order valence-corrected chi connectivity index (χ0v) is 19.5. The molecular weight excluding hydrogens is 451 g/mol. The summed E-state index contributed by atoms with van der Waals surface area (Å²) >= 11 is 0. The number of carbonyl (C=O) groups excluding carboxylic acids is 1. The lowest BCUT2D eigenvalue weighted by Crippen LogP contribution is -2.51. The predicted molar refractivity (Wildman–Crippen MR) is 128 cm³/mol. The van der Waals surface area contributed by atoms with Crippen molar-refractivity contribution in [2.24, 2.45) is 0 Å². The van der Waals surface area contributed by atoms with Crippen LogP contribution in [0.4, 0.5) is 9.18 Å². The van der Waals surface area contributed by atoms with Crippen LogP contribution in [0.1, 0.15) is 28.3 Å². The van der Waals surface area contributed by atoms with Crippen molar-refractivity contribution in [3.8, 4) is 11.5 Å². The molecule has 1 unspecified atom stereocenters. The lowest BCUT2D eigenvalue weighted by Gasteiger charge is -2.38. The van der Waals surface area contributed by atoms with Crippen molar-refractivity contribution >= 4 is 12.0 Å². The van der Waals surface area contributed by atoms with Gasteiger partial charge in [-0.25, -0.2) is 14.0 Å². The van der Waals surface area contributed by atoms with Gasteiger partial charge >= 0.3 is 12.0 Å². The van der Waals surface area contributed by atoms with Gasteiger partial charge in [0.1, 0.15) is 11.9 Å². The van der Waals surface area contributed by atoms with Gasteiger partial charge < -0.3 is 24.8 Å². The van der Waals surface area contributed by atoms with Crippen molar-refractivity contribution in [3.63, 3.8) is 0 Å². The van der Waals surface area contributed by atoms with Gasteiger partial charge in [0.05, 0.1) is 20.3 Å². The smallest absolute Gasteiger partial charge is 0.326 e. The van der Waals surface area contributed by atoms with Crippen LogP contribution in [0.2, 0.25) is 0 Å². The van der Waals surface area contributed by atoms with E-state index in [1.807, 2.05) is 42.5 Å². The summed E-state index contributed by atoms with van der Waals surface area (Å²) in [6, 6.07) is 16.6. The van der Waals surface area contributed by atoms with Gasteiger partial charge in [0.25, 0.3) is 0 Å². The van der Waals surface area contributed by atoms with E-state index in [4.69, 9.17) is 9.47 Å². The highest BCUT2D eigenvalue weighted by atomic mass is 19.1. The number of hydrogen-bond donors (Lipinski definition) is 2. The summed E-state index contributed by atoms with van der Waals surface area (Å²) in [5.41, 5.74) is 3.28. The number of urea groups is 1. The summed E-state index contributed by atoms with van der Waals surface area (Å²) in [7, 11) is 3.09. The number of amides is 2. The quantitative estimate of drug-likeness (QED) is 0.532. The van der Waals surface area contributed by atoms with Crippen molar-refractivity contribution in [1.29, 1.82) is 0 Å². The summed E-state index contributed by atoms with van der Waals surface area (Å²) in [6.07, 6.45) is 0.690. The molecule has 0 radical (unpaired) electrons. The highest BCUT2D eigenvalue weighted by Crippen LogP contribution is 2.41. The Labute approximate surface area is 203 Å². The van der Waals surface area contributed by atoms with Crippen LogP contribution in [0.5, 0.6) is 11.5 Å². The van der Waals surface area contributed by atoms with Gasteiger partial charge in [0.15, 0.2) is 11.5 Å². The number of hydrogen-bond acceptors (Lipinski definition) is 4. The third-order valence-electron chi connectivity index (χ3n) is 6.20. The second kappa shape index (κ2) is 10.5. The third-order valence-corrected chi connectivity index (χ3v) is 6.20. The van der Waals surface area contributed by atoms with Crippen molar-refractivity contribution in [2.45, 2.75) is 24.9 Å². The summed E-state index contributed by atoms with van der Waals surface area (Å²) in [5.74, 6) is -0.421. The van der Waals surface area contributed by atoms with Gasteiger partial charge in [-0.3, -0.25) is 0 Å². The molecule has 0 aromatic heterocycles. The number of aliphatic carboxylic acids is 1. The normalized spacial score (nSPS) is 15.6. The number of nitrogens with one attached hydrogen (secondary N) is 1. The minimum atomic E-state index is -1.12. The molecule has 2 N–H and O–H groups in total. The fourth-order valence-electron chi connectivity index (χ4n) is 4.45. The Morgan fingerprint density at radius 2 is 1.71 bits per heavy atom. The molecule has 0 aliphatic carbocycles. The summed E-state index contributed by atoms with van der Waals surface area (Å²) in [4.78, 5) is 27.0.